The van der Waals surface area contributed by atoms with Gasteiger partial charge in [0.25, 0.3) is 11.1 Å². The predicted octanol–water partition coefficient (Wildman–Crippen LogP) is -0.204. The molecule has 1 aromatic heterocycles. The highest BCUT2D eigenvalue weighted by molar-refractivity contribution is 6.07. The monoisotopic (exact) mass is 275 g/mol. The first-order valence-electron chi connectivity index (χ1n) is 5.44. The maximum atomic E-state index is 11.7. The van der Waals surface area contributed by atoms with Crippen molar-refractivity contribution in [1.29, 1.82) is 0 Å². The molecular weight excluding hydrogens is 266 g/mol. The molecular formula is C12H9N3O5. The largest absolute Gasteiger partial charge is 0.478 e. The first-order valence-corrected chi connectivity index (χ1v) is 5.44. The molecule has 1 heterocycles. The molecule has 1 amide bonds. The number of aliphatic carboxylic acids is 1. The van der Waals surface area contributed by atoms with Gasteiger partial charge in [0.15, 0.2) is 0 Å². The molecule has 0 aliphatic rings. The summed E-state index contributed by atoms with van der Waals surface area (Å²) in [5.74, 6) is -1.99. The molecule has 0 unspecified atom stereocenters. The van der Waals surface area contributed by atoms with Crippen molar-refractivity contribution in [2.45, 2.75) is 0 Å². The first-order chi connectivity index (χ1) is 9.49. The number of benzene rings is 1. The number of fused-ring (bicyclic) bond motifs is 1. The maximum Gasteiger partial charge on any atom is 0.328 e. The molecule has 0 atom stereocenters. The second-order valence-electron chi connectivity index (χ2n) is 3.80. The zero-order valence-electron chi connectivity index (χ0n) is 9.97. The average molecular weight is 275 g/mol. The van der Waals surface area contributed by atoms with Crippen LogP contribution < -0.4 is 16.4 Å². The fourth-order valence-corrected chi connectivity index (χ4v) is 1.66. The molecule has 2 aromatic rings. The summed E-state index contributed by atoms with van der Waals surface area (Å²) in [5, 5.41) is 15.2. The third-order valence-corrected chi connectivity index (χ3v) is 2.46. The van der Waals surface area contributed by atoms with Gasteiger partial charge < -0.3 is 10.4 Å². The van der Waals surface area contributed by atoms with E-state index in [1.54, 1.807) is 0 Å². The van der Waals surface area contributed by atoms with Crippen LogP contribution in [0, 0.1) is 0 Å². The molecule has 0 bridgehead atoms. The molecule has 0 spiro atoms. The summed E-state index contributed by atoms with van der Waals surface area (Å²) in [6, 6.07) is 4.36. The van der Waals surface area contributed by atoms with Crippen molar-refractivity contribution in [3.63, 3.8) is 0 Å². The van der Waals surface area contributed by atoms with Gasteiger partial charge in [-0.3, -0.25) is 24.6 Å². The summed E-state index contributed by atoms with van der Waals surface area (Å²) in [6.07, 6.45) is 1.47. The number of carboxylic acid groups (broad SMARTS) is 1. The van der Waals surface area contributed by atoms with Gasteiger partial charge in [0, 0.05) is 12.2 Å². The molecule has 102 valence electrons. The quantitative estimate of drug-likeness (QED) is 0.576. The number of aromatic amines is 2. The fraction of sp³-hybridized carbons (Fsp3) is 0. The lowest BCUT2D eigenvalue weighted by Gasteiger charge is -2.05. The van der Waals surface area contributed by atoms with Gasteiger partial charge in [0.05, 0.1) is 16.5 Å². The van der Waals surface area contributed by atoms with Crippen LogP contribution in [-0.4, -0.2) is 27.2 Å². The Balaban J connectivity index is 2.48. The summed E-state index contributed by atoms with van der Waals surface area (Å²) in [7, 11) is 0. The highest BCUT2D eigenvalue weighted by Crippen LogP contribution is 2.16. The SMILES string of the molecule is O=C(O)/C=C/C(=O)Nc1cccc2c(=O)[nH][nH]c(=O)c12. The summed E-state index contributed by atoms with van der Waals surface area (Å²) < 4.78 is 0. The van der Waals surface area contributed by atoms with Crippen molar-refractivity contribution >= 4 is 28.3 Å². The molecule has 0 saturated heterocycles. The predicted molar refractivity (Wildman–Crippen MR) is 70.6 cm³/mol. The minimum absolute atomic E-state index is 0.0216. The Hall–Kier alpha value is -3.16. The summed E-state index contributed by atoms with van der Waals surface area (Å²) in [6.45, 7) is 0. The second kappa shape index (κ2) is 5.22. The lowest BCUT2D eigenvalue weighted by molar-refractivity contribution is -0.131. The van der Waals surface area contributed by atoms with E-state index in [1.807, 2.05) is 0 Å². The van der Waals surface area contributed by atoms with E-state index < -0.39 is 23.0 Å². The smallest absolute Gasteiger partial charge is 0.328 e. The molecule has 0 fully saturated rings. The van der Waals surface area contributed by atoms with Crippen molar-refractivity contribution in [3.05, 3.63) is 51.1 Å². The highest BCUT2D eigenvalue weighted by Gasteiger charge is 2.09. The molecule has 0 aliphatic carbocycles. The average Bonchev–Trinajstić information content (AvgIpc) is 2.41. The lowest BCUT2D eigenvalue weighted by Crippen LogP contribution is -2.21. The Bertz CT molecular complexity index is 831. The van der Waals surface area contributed by atoms with Crippen LogP contribution in [-0.2, 0) is 9.59 Å². The van der Waals surface area contributed by atoms with E-state index in [0.29, 0.717) is 6.08 Å². The number of nitrogens with one attached hydrogen (secondary N) is 3. The van der Waals surface area contributed by atoms with Gasteiger partial charge in [0.2, 0.25) is 5.91 Å². The Morgan fingerprint density at radius 1 is 1.10 bits per heavy atom. The second-order valence-corrected chi connectivity index (χ2v) is 3.80. The summed E-state index contributed by atoms with van der Waals surface area (Å²) in [4.78, 5) is 45.1. The lowest BCUT2D eigenvalue weighted by atomic mass is 10.1. The van der Waals surface area contributed by atoms with E-state index in [1.165, 1.54) is 18.2 Å². The summed E-state index contributed by atoms with van der Waals surface area (Å²) >= 11 is 0. The number of aromatic nitrogens is 2. The van der Waals surface area contributed by atoms with Gasteiger partial charge in [-0.15, -0.1) is 0 Å². The zero-order chi connectivity index (χ0) is 14.7. The van der Waals surface area contributed by atoms with E-state index in [4.69, 9.17) is 5.11 Å². The van der Waals surface area contributed by atoms with Crippen LogP contribution in [0.2, 0.25) is 0 Å². The zero-order valence-corrected chi connectivity index (χ0v) is 9.97. The number of H-pyrrole nitrogens is 2. The van der Waals surface area contributed by atoms with E-state index >= 15 is 0 Å². The van der Waals surface area contributed by atoms with Gasteiger partial charge in [-0.25, -0.2) is 4.79 Å². The number of hydrogen-bond donors (Lipinski definition) is 4. The third-order valence-electron chi connectivity index (χ3n) is 2.46. The Kier molecular flexibility index (Phi) is 3.47. The van der Waals surface area contributed by atoms with E-state index in [-0.39, 0.29) is 16.5 Å². The number of amides is 1. The molecule has 8 heteroatoms. The first kappa shape index (κ1) is 13.3. The molecule has 8 nitrogen and oxygen atoms in total. The molecule has 4 N–H and O–H groups in total. The van der Waals surface area contributed by atoms with Crippen LogP contribution in [0.4, 0.5) is 5.69 Å². The fourth-order valence-electron chi connectivity index (χ4n) is 1.66. The Morgan fingerprint density at radius 3 is 2.50 bits per heavy atom. The van der Waals surface area contributed by atoms with Crippen LogP contribution in [0.15, 0.2) is 39.9 Å². The number of hydrogen-bond acceptors (Lipinski definition) is 4. The van der Waals surface area contributed by atoms with Crippen molar-refractivity contribution < 1.29 is 14.7 Å². The van der Waals surface area contributed by atoms with E-state index in [2.05, 4.69) is 15.5 Å². The van der Waals surface area contributed by atoms with Crippen molar-refractivity contribution in [2.75, 3.05) is 5.32 Å². The van der Waals surface area contributed by atoms with Gasteiger partial charge >= 0.3 is 5.97 Å². The van der Waals surface area contributed by atoms with Crippen LogP contribution >= 0.6 is 0 Å². The molecule has 2 rings (SSSR count). The number of anilines is 1. The maximum absolute atomic E-state index is 11.7. The number of rotatable bonds is 3. The van der Waals surface area contributed by atoms with Gasteiger partial charge in [0.1, 0.15) is 0 Å². The molecule has 0 saturated carbocycles. The normalized spacial score (nSPS) is 10.8. The van der Waals surface area contributed by atoms with Crippen LogP contribution in [0.25, 0.3) is 10.8 Å². The highest BCUT2D eigenvalue weighted by atomic mass is 16.4. The number of carboxylic acids is 1. The van der Waals surface area contributed by atoms with Crippen molar-refractivity contribution in [2.24, 2.45) is 0 Å². The Labute approximate surface area is 110 Å². The van der Waals surface area contributed by atoms with E-state index in [9.17, 15) is 19.2 Å². The number of carbonyl (C=O) groups excluding carboxylic acids is 1. The van der Waals surface area contributed by atoms with Gasteiger partial charge in [-0.2, -0.15) is 0 Å². The minimum atomic E-state index is -1.27. The molecule has 20 heavy (non-hydrogen) atoms. The van der Waals surface area contributed by atoms with Crippen molar-refractivity contribution in [1.82, 2.24) is 10.2 Å². The van der Waals surface area contributed by atoms with E-state index in [0.717, 1.165) is 6.08 Å². The topological polar surface area (TPSA) is 132 Å². The summed E-state index contributed by atoms with van der Waals surface area (Å²) in [5.41, 5.74) is -0.954. The minimum Gasteiger partial charge on any atom is -0.478 e. The molecule has 0 aliphatic heterocycles. The van der Waals surface area contributed by atoms with Gasteiger partial charge in [-0.1, -0.05) is 6.07 Å². The van der Waals surface area contributed by atoms with Crippen molar-refractivity contribution in [3.8, 4) is 0 Å². The molecule has 0 radical (unpaired) electrons. The standard InChI is InChI=1S/C12H9N3O5/c16-8(4-5-9(17)18)13-7-3-1-2-6-10(7)12(20)15-14-11(6)19/h1-5H,(H,13,16)(H,14,19)(H,15,20)(H,17,18)/b5-4+. The number of carbonyl (C=O) groups is 2. The van der Waals surface area contributed by atoms with Gasteiger partial charge in [-0.05, 0) is 12.1 Å². The molecule has 1 aromatic carbocycles. The van der Waals surface area contributed by atoms with Crippen LogP contribution in [0.5, 0.6) is 0 Å². The third kappa shape index (κ3) is 2.64. The van der Waals surface area contributed by atoms with Crippen LogP contribution in [0.1, 0.15) is 0 Å². The Morgan fingerprint density at radius 2 is 1.80 bits per heavy atom. The van der Waals surface area contributed by atoms with Crippen LogP contribution in [0.3, 0.4) is 0 Å².